The number of carboxylic acid groups (broad SMARTS) is 1. The summed E-state index contributed by atoms with van der Waals surface area (Å²) < 4.78 is 21.8. The van der Waals surface area contributed by atoms with Crippen LogP contribution in [-0.2, 0) is 33.3 Å². The van der Waals surface area contributed by atoms with Crippen LogP contribution in [-0.4, -0.2) is 88.4 Å². The first-order chi connectivity index (χ1) is 32.2. The fraction of sp³-hybridized carbons (Fsp3) is 0.800. The first-order valence-electron chi connectivity index (χ1n) is 26.7. The molecule has 11 heteroatoms. The van der Waals surface area contributed by atoms with Gasteiger partial charge in [-0.3, -0.25) is 9.59 Å². The van der Waals surface area contributed by atoms with Crippen LogP contribution in [0.25, 0.3) is 0 Å². The first-order valence-corrected chi connectivity index (χ1v) is 26.7. The Kier molecular flexibility index (Phi) is 41.4. The van der Waals surface area contributed by atoms with E-state index >= 15 is 0 Å². The standard InChI is InChI=1S/C55H96O11/c1-3-5-7-9-11-13-15-17-19-21-22-23-24-25-26-28-30-32-34-36-38-40-42-44-49(57)65-47(46-64-55-52(60)50(58)51(59)53(66-55)54(61)62)45-63-48(56)43-41-39-37-35-33-31-29-27-20-18-16-14-12-10-8-6-4-2/h6,8,12,14,18,20-22,47,50-53,55,58-60H,3-5,7,9-11,13,15-17,19,23-46H2,1-2H3,(H,61,62)/b8-6-,14-12-,20-18-,22-21-. The average molecular weight is 933 g/mol. The van der Waals surface area contributed by atoms with Crippen LogP contribution in [0.3, 0.4) is 0 Å². The van der Waals surface area contributed by atoms with E-state index in [-0.39, 0.29) is 19.4 Å². The summed E-state index contributed by atoms with van der Waals surface area (Å²) >= 11 is 0. The summed E-state index contributed by atoms with van der Waals surface area (Å²) in [7, 11) is 0. The molecule has 1 saturated heterocycles. The maximum Gasteiger partial charge on any atom is 0.335 e. The normalized spacial score (nSPS) is 19.4. The van der Waals surface area contributed by atoms with Crippen LogP contribution in [0.2, 0.25) is 0 Å². The van der Waals surface area contributed by atoms with Crippen molar-refractivity contribution in [2.45, 2.75) is 269 Å². The molecule has 0 aromatic heterocycles. The topological polar surface area (TPSA) is 169 Å². The van der Waals surface area contributed by atoms with Crippen LogP contribution < -0.4 is 0 Å². The Morgan fingerprint density at radius 2 is 0.894 bits per heavy atom. The highest BCUT2D eigenvalue weighted by Crippen LogP contribution is 2.23. The van der Waals surface area contributed by atoms with Gasteiger partial charge in [-0.05, 0) is 70.6 Å². The Balaban J connectivity index is 2.27. The zero-order valence-corrected chi connectivity index (χ0v) is 41.7. The number of hydrogen-bond acceptors (Lipinski definition) is 10. The molecule has 4 N–H and O–H groups in total. The molecule has 66 heavy (non-hydrogen) atoms. The summed E-state index contributed by atoms with van der Waals surface area (Å²) in [6.45, 7) is 3.72. The summed E-state index contributed by atoms with van der Waals surface area (Å²) in [6, 6.07) is 0. The minimum Gasteiger partial charge on any atom is -0.479 e. The van der Waals surface area contributed by atoms with Gasteiger partial charge in [0.05, 0.1) is 6.61 Å². The summed E-state index contributed by atoms with van der Waals surface area (Å²) in [5.74, 6) is -2.45. The second-order valence-corrected chi connectivity index (χ2v) is 18.3. The van der Waals surface area contributed by atoms with E-state index in [1.165, 1.54) is 122 Å². The van der Waals surface area contributed by atoms with Crippen molar-refractivity contribution in [2.75, 3.05) is 13.2 Å². The van der Waals surface area contributed by atoms with Crippen molar-refractivity contribution in [2.24, 2.45) is 0 Å². The maximum absolute atomic E-state index is 12.9. The van der Waals surface area contributed by atoms with Crippen LogP contribution in [0.5, 0.6) is 0 Å². The summed E-state index contributed by atoms with van der Waals surface area (Å²) in [5.41, 5.74) is 0. The van der Waals surface area contributed by atoms with Crippen molar-refractivity contribution < 1.29 is 53.8 Å². The number of unbranched alkanes of at least 4 members (excludes halogenated alkanes) is 26. The smallest absolute Gasteiger partial charge is 0.335 e. The van der Waals surface area contributed by atoms with Gasteiger partial charge in [-0.1, -0.05) is 197 Å². The van der Waals surface area contributed by atoms with Crippen molar-refractivity contribution in [1.29, 1.82) is 0 Å². The SMILES string of the molecule is CC/C=C\C/C=C\C/C=C\CCCCCCCCCC(=O)OCC(COC1OC(C(=O)O)C(O)C(O)C1O)OC(=O)CCCCCCCCCCCCC/C=C\CCCCCCCCCC. The molecule has 1 fully saturated rings. The monoisotopic (exact) mass is 933 g/mol. The lowest BCUT2D eigenvalue weighted by atomic mass is 9.99. The molecule has 1 heterocycles. The number of hydrogen-bond donors (Lipinski definition) is 4. The Labute approximate surface area is 401 Å². The number of aliphatic hydroxyl groups excluding tert-OH is 3. The molecule has 0 spiro atoms. The van der Waals surface area contributed by atoms with Gasteiger partial charge < -0.3 is 39.4 Å². The Morgan fingerprint density at radius 1 is 0.485 bits per heavy atom. The zero-order chi connectivity index (χ0) is 48.1. The number of aliphatic hydroxyl groups is 3. The number of rotatable bonds is 45. The van der Waals surface area contributed by atoms with Crippen LogP contribution in [0.15, 0.2) is 48.6 Å². The summed E-state index contributed by atoms with van der Waals surface area (Å²) in [4.78, 5) is 37.0. The van der Waals surface area contributed by atoms with Gasteiger partial charge in [0.25, 0.3) is 0 Å². The Hall–Kier alpha value is -2.83. The van der Waals surface area contributed by atoms with Gasteiger partial charge in [-0.15, -0.1) is 0 Å². The molecule has 0 bridgehead atoms. The van der Waals surface area contributed by atoms with Crippen LogP contribution in [0.4, 0.5) is 0 Å². The highest BCUT2D eigenvalue weighted by molar-refractivity contribution is 5.73. The van der Waals surface area contributed by atoms with Gasteiger partial charge in [0.15, 0.2) is 18.5 Å². The quantitative estimate of drug-likeness (QED) is 0.0260. The number of ether oxygens (including phenoxy) is 4. The lowest BCUT2D eigenvalue weighted by Crippen LogP contribution is -2.60. The molecular formula is C55H96O11. The predicted molar refractivity (Wildman–Crippen MR) is 266 cm³/mol. The minimum absolute atomic E-state index is 0.180. The molecule has 6 unspecified atom stereocenters. The molecule has 0 saturated carbocycles. The Morgan fingerprint density at radius 3 is 1.36 bits per heavy atom. The molecule has 1 rings (SSSR count). The van der Waals surface area contributed by atoms with Crippen LogP contribution >= 0.6 is 0 Å². The molecule has 0 amide bonds. The molecule has 0 aromatic rings. The second kappa shape index (κ2) is 44.7. The number of carbonyl (C=O) groups is 3. The summed E-state index contributed by atoms with van der Waals surface area (Å²) in [6.07, 6.45) is 45.9. The zero-order valence-electron chi connectivity index (χ0n) is 41.7. The van der Waals surface area contributed by atoms with Gasteiger partial charge in [-0.25, -0.2) is 4.79 Å². The number of allylic oxidation sites excluding steroid dienone is 8. The molecule has 0 aliphatic carbocycles. The van der Waals surface area contributed by atoms with Crippen molar-refractivity contribution in [3.63, 3.8) is 0 Å². The lowest BCUT2D eigenvalue weighted by Gasteiger charge is -2.38. The predicted octanol–water partition coefficient (Wildman–Crippen LogP) is 12.9. The first kappa shape index (κ1) is 61.2. The highest BCUT2D eigenvalue weighted by atomic mass is 16.7. The third-order valence-electron chi connectivity index (χ3n) is 12.2. The molecule has 382 valence electrons. The lowest BCUT2D eigenvalue weighted by molar-refractivity contribution is -0.298. The molecule has 11 nitrogen and oxygen atoms in total. The number of esters is 2. The fourth-order valence-electron chi connectivity index (χ4n) is 8.01. The van der Waals surface area contributed by atoms with Crippen molar-refractivity contribution >= 4 is 17.9 Å². The van der Waals surface area contributed by atoms with Crippen LogP contribution in [0.1, 0.15) is 232 Å². The number of carboxylic acids is 1. The van der Waals surface area contributed by atoms with Crippen molar-refractivity contribution in [3.05, 3.63) is 48.6 Å². The molecule has 1 aliphatic rings. The van der Waals surface area contributed by atoms with Gasteiger partial charge in [0.1, 0.15) is 24.9 Å². The third-order valence-corrected chi connectivity index (χ3v) is 12.2. The average Bonchev–Trinajstić information content (AvgIpc) is 3.30. The van der Waals surface area contributed by atoms with E-state index in [4.69, 9.17) is 18.9 Å². The van der Waals surface area contributed by atoms with E-state index in [0.717, 1.165) is 70.6 Å². The fourth-order valence-corrected chi connectivity index (χ4v) is 8.01. The van der Waals surface area contributed by atoms with Gasteiger partial charge in [-0.2, -0.15) is 0 Å². The molecular weight excluding hydrogens is 837 g/mol. The third kappa shape index (κ3) is 35.3. The molecule has 0 aromatic carbocycles. The van der Waals surface area contributed by atoms with E-state index in [2.05, 4.69) is 62.5 Å². The van der Waals surface area contributed by atoms with Crippen molar-refractivity contribution in [3.8, 4) is 0 Å². The van der Waals surface area contributed by atoms with Crippen LogP contribution in [0, 0.1) is 0 Å². The maximum atomic E-state index is 12.9. The number of aliphatic carboxylic acids is 1. The van der Waals surface area contributed by atoms with Gasteiger partial charge in [0.2, 0.25) is 0 Å². The van der Waals surface area contributed by atoms with Gasteiger partial charge >= 0.3 is 17.9 Å². The molecule has 0 radical (unpaired) electrons. The Bertz CT molecular complexity index is 1280. The molecule has 1 aliphatic heterocycles. The number of carbonyl (C=O) groups excluding carboxylic acids is 2. The minimum atomic E-state index is -1.86. The highest BCUT2D eigenvalue weighted by Gasteiger charge is 2.47. The molecule has 6 atom stereocenters. The van der Waals surface area contributed by atoms with E-state index < -0.39 is 61.3 Å². The van der Waals surface area contributed by atoms with Crippen molar-refractivity contribution in [1.82, 2.24) is 0 Å². The second-order valence-electron chi connectivity index (χ2n) is 18.3. The van der Waals surface area contributed by atoms with E-state index in [1.54, 1.807) is 0 Å². The van der Waals surface area contributed by atoms with E-state index in [9.17, 15) is 34.8 Å². The van der Waals surface area contributed by atoms with Gasteiger partial charge in [0, 0.05) is 12.8 Å². The van der Waals surface area contributed by atoms with E-state index in [0.29, 0.717) is 12.8 Å². The largest absolute Gasteiger partial charge is 0.479 e. The van der Waals surface area contributed by atoms with E-state index in [1.807, 2.05) is 0 Å². The summed E-state index contributed by atoms with van der Waals surface area (Å²) in [5, 5.41) is 40.0.